The topological polar surface area (TPSA) is 143 Å². The van der Waals surface area contributed by atoms with Gasteiger partial charge in [-0.25, -0.2) is 11.5 Å². The fourth-order valence-corrected chi connectivity index (χ4v) is 1.54. The summed E-state index contributed by atoms with van der Waals surface area (Å²) in [6.45, 7) is 0. The minimum Gasteiger partial charge on any atom is -0.715 e. The summed E-state index contributed by atoms with van der Waals surface area (Å²) in [6, 6.07) is 6.85. The van der Waals surface area contributed by atoms with Crippen LogP contribution in [0.3, 0.4) is 0 Å². The van der Waals surface area contributed by atoms with E-state index >= 15 is 0 Å². The number of rotatable bonds is 8. The minimum absolute atomic E-state index is 0. The zero-order chi connectivity index (χ0) is 16.5. The first-order valence-electron chi connectivity index (χ1n) is 6.40. The van der Waals surface area contributed by atoms with Gasteiger partial charge in [0, 0.05) is 4.99 Å². The number of nitrogens with one attached hydrogen (secondary N) is 3. The zero-order valence-corrected chi connectivity index (χ0v) is 13.5. The van der Waals surface area contributed by atoms with Gasteiger partial charge in [-0.05, 0) is 12.1 Å². The van der Waals surface area contributed by atoms with Gasteiger partial charge < -0.3 is 20.9 Å². The number of nitrogens with two attached hydrogens (primary N) is 2. The average molecular weight is 375 g/mol. The summed E-state index contributed by atoms with van der Waals surface area (Å²) >= 11 is 0. The van der Waals surface area contributed by atoms with Crippen LogP contribution in [0, 0.1) is 6.42 Å². The Morgan fingerprint density at radius 2 is 1.88 bits per heavy atom. The largest absolute Gasteiger partial charge is 2.00 e. The van der Waals surface area contributed by atoms with Gasteiger partial charge in [0.2, 0.25) is 0 Å². The monoisotopic (exact) mass is 375 g/mol. The molecule has 1 radical (unpaired) electrons. The maximum atomic E-state index is 6.92. The number of hydrogen-bond donors (Lipinski definition) is 4. The first kappa shape index (κ1) is 20.0. The molecular weight excluding hydrogens is 359 g/mol. The second-order valence-corrected chi connectivity index (χ2v) is 4.11. The van der Waals surface area contributed by atoms with E-state index in [9.17, 15) is 0 Å². The standard InChI is InChI=1S/C13H16N6O4.Mn/c14-18-22-20-13-8-5-11(6-9-13)17-10-2-1-3-12(7-4-10)21-23-19(15)16;/h1-9,15,18-19H,14,16H2;/q-2;+2. The molecule has 1 aliphatic carbocycles. The van der Waals surface area contributed by atoms with E-state index in [4.69, 9.17) is 27.3 Å². The van der Waals surface area contributed by atoms with Gasteiger partial charge in [-0.3, -0.25) is 0 Å². The number of nitrogens with zero attached hydrogens (tertiary/aromatic N) is 1. The fourth-order valence-electron chi connectivity index (χ4n) is 1.54. The van der Waals surface area contributed by atoms with Crippen LogP contribution in [0.2, 0.25) is 0 Å². The average Bonchev–Trinajstić information content (AvgIpc) is 2.77. The van der Waals surface area contributed by atoms with E-state index in [1.807, 2.05) is 5.59 Å². The van der Waals surface area contributed by atoms with Crippen molar-refractivity contribution >= 4 is 5.69 Å². The van der Waals surface area contributed by atoms with E-state index in [-0.39, 0.29) is 17.1 Å². The van der Waals surface area contributed by atoms with E-state index in [1.165, 1.54) is 0 Å². The molecule has 11 heteroatoms. The van der Waals surface area contributed by atoms with Crippen LogP contribution in [0.4, 0.5) is 5.69 Å². The van der Waals surface area contributed by atoms with Crippen LogP contribution < -0.4 is 27.4 Å². The van der Waals surface area contributed by atoms with E-state index in [2.05, 4.69) is 15.3 Å². The quantitative estimate of drug-likeness (QED) is 0.170. The van der Waals surface area contributed by atoms with Crippen molar-refractivity contribution < 1.29 is 42.1 Å². The molecule has 0 aromatic heterocycles. The Morgan fingerprint density at radius 1 is 1.12 bits per heavy atom. The van der Waals surface area contributed by atoms with Crippen LogP contribution in [-0.4, -0.2) is 0 Å². The van der Waals surface area contributed by atoms with Gasteiger partial charge in [-0.2, -0.15) is 18.3 Å². The molecule has 0 bridgehead atoms. The van der Waals surface area contributed by atoms with Crippen molar-refractivity contribution in [3.63, 3.8) is 0 Å². The third-order valence-corrected chi connectivity index (χ3v) is 2.45. The van der Waals surface area contributed by atoms with Crippen LogP contribution in [0.25, 0.3) is 11.2 Å². The molecule has 10 nitrogen and oxygen atoms in total. The Balaban J connectivity index is 0.00000288. The number of allylic oxidation sites excluding steroid dienone is 4. The molecule has 129 valence electrons. The Bertz CT molecular complexity index is 591. The summed E-state index contributed by atoms with van der Waals surface area (Å²) in [7, 11) is 0. The molecule has 2 rings (SSSR count). The van der Waals surface area contributed by atoms with Crippen molar-refractivity contribution in [3.8, 4) is 5.75 Å². The minimum atomic E-state index is -0.530. The van der Waals surface area contributed by atoms with Crippen molar-refractivity contribution in [2.24, 2.45) is 11.7 Å². The fraction of sp³-hybridized carbons (Fsp3) is 0. The van der Waals surface area contributed by atoms with Gasteiger partial charge in [-0.15, -0.1) is 23.1 Å². The number of quaternary nitrogens is 1. The molecule has 1 unspecified atom stereocenters. The third-order valence-electron chi connectivity index (χ3n) is 2.45. The molecule has 0 amide bonds. The maximum Gasteiger partial charge on any atom is 2.00 e. The van der Waals surface area contributed by atoms with E-state index < -0.39 is 5.28 Å². The first-order chi connectivity index (χ1) is 11.2. The second-order valence-electron chi connectivity index (χ2n) is 4.11. The van der Waals surface area contributed by atoms with E-state index in [1.54, 1.807) is 55.0 Å². The van der Waals surface area contributed by atoms with Gasteiger partial charge in [0.25, 0.3) is 0 Å². The van der Waals surface area contributed by atoms with Gasteiger partial charge in [0.05, 0.1) is 5.76 Å². The van der Waals surface area contributed by atoms with Gasteiger partial charge in [-0.1, -0.05) is 28.8 Å². The van der Waals surface area contributed by atoms with Crippen molar-refractivity contribution in [1.29, 1.82) is 0 Å². The second kappa shape index (κ2) is 10.7. The van der Waals surface area contributed by atoms with Crippen LogP contribution in [-0.2, 0) is 31.9 Å². The van der Waals surface area contributed by atoms with Crippen molar-refractivity contribution in [2.75, 3.05) is 0 Å². The summed E-state index contributed by atoms with van der Waals surface area (Å²) in [5.41, 5.74) is 3.31. The Hall–Kier alpha value is -2.05. The molecule has 0 spiro atoms. The van der Waals surface area contributed by atoms with Crippen LogP contribution in [0.5, 0.6) is 5.75 Å². The predicted octanol–water partition coefficient (Wildman–Crippen LogP) is 0.509. The summed E-state index contributed by atoms with van der Waals surface area (Å²) < 4.78 is 0. The number of hydrogen-bond acceptors (Lipinski definition) is 7. The molecule has 0 saturated heterocycles. The summed E-state index contributed by atoms with van der Waals surface area (Å²) in [6.07, 6.45) is 8.53. The molecule has 1 aromatic carbocycles. The molecule has 1 aromatic rings. The van der Waals surface area contributed by atoms with Crippen molar-refractivity contribution in [3.05, 3.63) is 77.6 Å². The normalized spacial score (nSPS) is 14.3. The first-order valence-corrected chi connectivity index (χ1v) is 6.40. The number of hydrazine groups is 1. The third kappa shape index (κ3) is 7.02. The van der Waals surface area contributed by atoms with Crippen LogP contribution >= 0.6 is 0 Å². The van der Waals surface area contributed by atoms with Gasteiger partial charge in [0.1, 0.15) is 0 Å². The molecular formula is C13H16MnN6O4. The summed E-state index contributed by atoms with van der Waals surface area (Å²) in [5, 5.41) is 3.91. The SMILES string of the molecule is [Mn+2].[NH-][NH+](N)OOC1=C[CH-]C=C([N-]c2ccc(OONN)cc2)C=C1. The van der Waals surface area contributed by atoms with Crippen molar-refractivity contribution in [1.82, 2.24) is 5.59 Å². The molecule has 7 N–H and O–H groups in total. The predicted molar refractivity (Wildman–Crippen MR) is 79.7 cm³/mol. The summed E-state index contributed by atoms with van der Waals surface area (Å²) in [4.78, 5) is 18.5. The smallest absolute Gasteiger partial charge is 0.715 e. The molecule has 0 fully saturated rings. The van der Waals surface area contributed by atoms with Gasteiger partial charge in [0.15, 0.2) is 5.75 Å². The Labute approximate surface area is 149 Å². The molecule has 0 aliphatic heterocycles. The van der Waals surface area contributed by atoms with Crippen LogP contribution in [0.15, 0.2) is 60.0 Å². The molecule has 1 aliphatic rings. The van der Waals surface area contributed by atoms with Crippen LogP contribution in [0.1, 0.15) is 0 Å². The Morgan fingerprint density at radius 3 is 2.54 bits per heavy atom. The van der Waals surface area contributed by atoms with E-state index in [0.717, 1.165) is 0 Å². The summed E-state index contributed by atoms with van der Waals surface area (Å²) in [5.74, 6) is 17.7. The molecule has 24 heavy (non-hydrogen) atoms. The van der Waals surface area contributed by atoms with Crippen molar-refractivity contribution in [2.45, 2.75) is 0 Å². The molecule has 0 saturated carbocycles. The maximum absolute atomic E-state index is 6.92. The molecule has 0 heterocycles. The Kier molecular flexibility index (Phi) is 8.89. The molecule has 1 atom stereocenters. The zero-order valence-electron chi connectivity index (χ0n) is 12.3. The van der Waals surface area contributed by atoms with Gasteiger partial charge >= 0.3 is 17.1 Å². The number of benzene rings is 1. The van der Waals surface area contributed by atoms with E-state index in [0.29, 0.717) is 22.9 Å².